The predicted octanol–water partition coefficient (Wildman–Crippen LogP) is 2.29. The van der Waals surface area contributed by atoms with Crippen LogP contribution >= 0.6 is 0 Å². The molecule has 1 saturated heterocycles. The molecule has 3 heteroatoms. The van der Waals surface area contributed by atoms with Crippen molar-refractivity contribution in [2.75, 3.05) is 6.61 Å². The normalized spacial score (nSPS) is 21.2. The molecule has 2 rings (SSSR count). The second kappa shape index (κ2) is 5.32. The van der Waals surface area contributed by atoms with Crippen LogP contribution in [0.15, 0.2) is 24.3 Å². The second-order valence-electron chi connectivity index (χ2n) is 4.68. The first-order valence-electron chi connectivity index (χ1n) is 6.16. The van der Waals surface area contributed by atoms with Crippen LogP contribution in [0.4, 0.5) is 0 Å². The summed E-state index contributed by atoms with van der Waals surface area (Å²) in [6, 6.07) is 7.70. The molecule has 0 radical (unpaired) electrons. The first-order chi connectivity index (χ1) is 8.16. The maximum atomic E-state index is 12.0. The van der Waals surface area contributed by atoms with Crippen molar-refractivity contribution in [2.24, 2.45) is 0 Å². The zero-order valence-electron chi connectivity index (χ0n) is 10.4. The number of aryl methyl sites for hydroxylation is 1. The number of ether oxygens (including phenoxy) is 1. The Morgan fingerprint density at radius 2 is 2.35 bits per heavy atom. The van der Waals surface area contributed by atoms with E-state index in [4.69, 9.17) is 4.74 Å². The molecule has 92 valence electrons. The van der Waals surface area contributed by atoms with Gasteiger partial charge >= 0.3 is 0 Å². The Kier molecular flexibility index (Phi) is 3.79. The first kappa shape index (κ1) is 12.1. The Bertz CT molecular complexity index is 397. The summed E-state index contributed by atoms with van der Waals surface area (Å²) in [5.74, 6) is -0.0169. The van der Waals surface area contributed by atoms with Crippen LogP contribution in [-0.4, -0.2) is 24.7 Å². The fourth-order valence-corrected chi connectivity index (χ4v) is 2.17. The summed E-state index contributed by atoms with van der Waals surface area (Å²) in [4.78, 5) is 12.0. The molecule has 0 aromatic heterocycles. The Morgan fingerprint density at radius 1 is 1.53 bits per heavy atom. The molecular weight excluding hydrogens is 214 g/mol. The van der Waals surface area contributed by atoms with Gasteiger partial charge in [0.1, 0.15) is 0 Å². The predicted molar refractivity (Wildman–Crippen MR) is 67.1 cm³/mol. The van der Waals surface area contributed by atoms with E-state index in [0.717, 1.165) is 30.6 Å². The van der Waals surface area contributed by atoms with Crippen molar-refractivity contribution in [1.82, 2.24) is 5.32 Å². The minimum absolute atomic E-state index is 0.0169. The third-order valence-corrected chi connectivity index (χ3v) is 3.16. The summed E-state index contributed by atoms with van der Waals surface area (Å²) in [5.41, 5.74) is 1.82. The van der Waals surface area contributed by atoms with E-state index in [2.05, 4.69) is 5.32 Å². The van der Waals surface area contributed by atoms with Crippen molar-refractivity contribution in [3.8, 4) is 0 Å². The van der Waals surface area contributed by atoms with Crippen molar-refractivity contribution < 1.29 is 9.53 Å². The molecule has 1 amide bonds. The van der Waals surface area contributed by atoms with Crippen molar-refractivity contribution in [2.45, 2.75) is 38.8 Å². The molecule has 1 fully saturated rings. The van der Waals surface area contributed by atoms with E-state index in [0.29, 0.717) is 0 Å². The molecule has 1 aliphatic heterocycles. The average Bonchev–Trinajstić information content (AvgIpc) is 2.82. The molecule has 0 saturated carbocycles. The fraction of sp³-hybridized carbons (Fsp3) is 0.500. The van der Waals surface area contributed by atoms with Crippen molar-refractivity contribution in [1.29, 1.82) is 0 Å². The molecule has 1 aromatic rings. The molecule has 3 nitrogen and oxygen atoms in total. The van der Waals surface area contributed by atoms with Crippen LogP contribution in [0.1, 0.15) is 35.7 Å². The van der Waals surface area contributed by atoms with Crippen LogP contribution < -0.4 is 5.32 Å². The molecule has 0 spiro atoms. The van der Waals surface area contributed by atoms with Crippen molar-refractivity contribution >= 4 is 5.91 Å². The number of hydrogen-bond acceptors (Lipinski definition) is 2. The number of rotatable bonds is 3. The van der Waals surface area contributed by atoms with Gasteiger partial charge in [-0.1, -0.05) is 17.7 Å². The smallest absolute Gasteiger partial charge is 0.251 e. The molecule has 2 atom stereocenters. The van der Waals surface area contributed by atoms with E-state index in [1.807, 2.05) is 38.1 Å². The zero-order valence-corrected chi connectivity index (χ0v) is 10.4. The zero-order chi connectivity index (χ0) is 12.3. The van der Waals surface area contributed by atoms with Crippen molar-refractivity contribution in [3.63, 3.8) is 0 Å². The molecule has 17 heavy (non-hydrogen) atoms. The largest absolute Gasteiger partial charge is 0.376 e. The number of nitrogens with one attached hydrogen (secondary N) is 1. The van der Waals surface area contributed by atoms with Gasteiger partial charge in [-0.15, -0.1) is 0 Å². The van der Waals surface area contributed by atoms with Gasteiger partial charge in [0.2, 0.25) is 0 Å². The summed E-state index contributed by atoms with van der Waals surface area (Å²) in [6.07, 6.45) is 2.30. The van der Waals surface area contributed by atoms with Gasteiger partial charge in [0.25, 0.3) is 5.91 Å². The lowest BCUT2D eigenvalue weighted by Gasteiger charge is -2.20. The minimum Gasteiger partial charge on any atom is -0.376 e. The molecule has 0 bridgehead atoms. The van der Waals surface area contributed by atoms with Crippen LogP contribution in [-0.2, 0) is 4.74 Å². The third kappa shape index (κ3) is 3.07. The average molecular weight is 233 g/mol. The summed E-state index contributed by atoms with van der Waals surface area (Å²) < 4.78 is 5.56. The monoisotopic (exact) mass is 233 g/mol. The van der Waals surface area contributed by atoms with Gasteiger partial charge in [-0.25, -0.2) is 0 Å². The van der Waals surface area contributed by atoms with Crippen LogP contribution in [0.25, 0.3) is 0 Å². The topological polar surface area (TPSA) is 38.3 Å². The van der Waals surface area contributed by atoms with Gasteiger partial charge in [0.15, 0.2) is 0 Å². The maximum Gasteiger partial charge on any atom is 0.251 e. The SMILES string of the molecule is Cc1cccc(C(=O)N[C@@H](C)[C@H]2CCCO2)c1. The number of hydrogen-bond donors (Lipinski definition) is 1. The van der Waals surface area contributed by atoms with E-state index in [1.54, 1.807) is 0 Å². The van der Waals surface area contributed by atoms with E-state index >= 15 is 0 Å². The summed E-state index contributed by atoms with van der Waals surface area (Å²) in [6.45, 7) is 4.80. The second-order valence-corrected chi connectivity index (χ2v) is 4.68. The maximum absolute atomic E-state index is 12.0. The molecule has 1 N–H and O–H groups in total. The van der Waals surface area contributed by atoms with E-state index < -0.39 is 0 Å². The van der Waals surface area contributed by atoms with Gasteiger partial charge in [-0.3, -0.25) is 4.79 Å². The molecular formula is C14H19NO2. The Hall–Kier alpha value is -1.35. The van der Waals surface area contributed by atoms with Gasteiger partial charge < -0.3 is 10.1 Å². The third-order valence-electron chi connectivity index (χ3n) is 3.16. The van der Waals surface area contributed by atoms with Gasteiger partial charge in [0.05, 0.1) is 12.1 Å². The standard InChI is InChI=1S/C14H19NO2/c1-10-5-3-6-12(9-10)14(16)15-11(2)13-7-4-8-17-13/h3,5-6,9,11,13H,4,7-8H2,1-2H3,(H,15,16)/t11-,13+/m0/s1. The minimum atomic E-state index is -0.0169. The highest BCUT2D eigenvalue weighted by Crippen LogP contribution is 2.15. The molecule has 1 aliphatic rings. The van der Waals surface area contributed by atoms with E-state index in [-0.39, 0.29) is 18.1 Å². The quantitative estimate of drug-likeness (QED) is 0.870. The van der Waals surface area contributed by atoms with E-state index in [1.165, 1.54) is 0 Å². The highest BCUT2D eigenvalue weighted by Gasteiger charge is 2.23. The number of amides is 1. The van der Waals surface area contributed by atoms with Crippen LogP contribution in [0, 0.1) is 6.92 Å². The van der Waals surface area contributed by atoms with Gasteiger partial charge in [-0.05, 0) is 38.8 Å². The van der Waals surface area contributed by atoms with Gasteiger partial charge in [0, 0.05) is 12.2 Å². The first-order valence-corrected chi connectivity index (χ1v) is 6.16. The number of carbonyl (C=O) groups excluding carboxylic acids is 1. The van der Waals surface area contributed by atoms with Crippen LogP contribution in [0.5, 0.6) is 0 Å². The highest BCUT2D eigenvalue weighted by atomic mass is 16.5. The number of carbonyl (C=O) groups is 1. The van der Waals surface area contributed by atoms with Gasteiger partial charge in [-0.2, -0.15) is 0 Å². The lowest BCUT2D eigenvalue weighted by atomic mass is 10.1. The number of benzene rings is 1. The van der Waals surface area contributed by atoms with Crippen LogP contribution in [0.3, 0.4) is 0 Å². The fourth-order valence-electron chi connectivity index (χ4n) is 2.17. The Labute approximate surface area is 102 Å². The summed E-state index contributed by atoms with van der Waals surface area (Å²) in [7, 11) is 0. The van der Waals surface area contributed by atoms with Crippen LogP contribution in [0.2, 0.25) is 0 Å². The Balaban J connectivity index is 1.96. The lowest BCUT2D eigenvalue weighted by Crippen LogP contribution is -2.40. The molecule has 1 aromatic carbocycles. The lowest BCUT2D eigenvalue weighted by molar-refractivity contribution is 0.0712. The Morgan fingerprint density at radius 3 is 3.00 bits per heavy atom. The molecule has 0 unspecified atom stereocenters. The summed E-state index contributed by atoms with van der Waals surface area (Å²) in [5, 5.41) is 3.00. The summed E-state index contributed by atoms with van der Waals surface area (Å²) >= 11 is 0. The molecule has 0 aliphatic carbocycles. The highest BCUT2D eigenvalue weighted by molar-refractivity contribution is 5.94. The van der Waals surface area contributed by atoms with E-state index in [9.17, 15) is 4.79 Å². The van der Waals surface area contributed by atoms with Crippen molar-refractivity contribution in [3.05, 3.63) is 35.4 Å². The molecule has 1 heterocycles.